The molecule has 5 rings (SSSR count). The minimum absolute atomic E-state index is 0.0425. The second kappa shape index (κ2) is 9.62. The summed E-state index contributed by atoms with van der Waals surface area (Å²) in [6.07, 6.45) is 4.21. The van der Waals surface area contributed by atoms with Crippen LogP contribution in [0.25, 0.3) is 0 Å². The summed E-state index contributed by atoms with van der Waals surface area (Å²) < 4.78 is 0. The minimum Gasteiger partial charge on any atom is -0.351 e. The number of carbonyl (C=O) groups excluding carboxylic acids is 3. The van der Waals surface area contributed by atoms with E-state index in [1.165, 1.54) is 22.9 Å². The maximum atomic E-state index is 13.1. The molecule has 2 atom stereocenters. The van der Waals surface area contributed by atoms with E-state index in [0.717, 1.165) is 43.9 Å². The fourth-order valence-electron chi connectivity index (χ4n) is 4.91. The number of thioether (sulfide) groups is 1. The van der Waals surface area contributed by atoms with Gasteiger partial charge in [0.25, 0.3) is 11.8 Å². The Balaban J connectivity index is 1.16. The fourth-order valence-corrected chi connectivity index (χ4v) is 6.03. The molecule has 2 aromatic rings. The van der Waals surface area contributed by atoms with Gasteiger partial charge in [-0.15, -0.1) is 0 Å². The van der Waals surface area contributed by atoms with E-state index < -0.39 is 5.25 Å². The van der Waals surface area contributed by atoms with Crippen LogP contribution < -0.4 is 5.32 Å². The summed E-state index contributed by atoms with van der Waals surface area (Å²) in [5, 5.41) is 3.12. The van der Waals surface area contributed by atoms with Gasteiger partial charge in [0.05, 0.1) is 6.04 Å². The average molecular weight is 477 g/mol. The molecule has 8 heteroatoms. The molecule has 0 unspecified atom stereocenters. The smallest absolute Gasteiger partial charge is 0.262 e. The number of nitrogens with one attached hydrogen (secondary N) is 1. The number of fused-ring (bicyclic) bond motifs is 1. The molecule has 2 aromatic carbocycles. The molecule has 3 aliphatic rings. The molecule has 1 fully saturated rings. The summed E-state index contributed by atoms with van der Waals surface area (Å²) in [4.78, 5) is 45.9. The number of anilines is 1. The number of nitrogens with zero attached hydrogens (tertiary/aromatic N) is 3. The van der Waals surface area contributed by atoms with E-state index in [1.807, 2.05) is 19.2 Å². The van der Waals surface area contributed by atoms with Crippen molar-refractivity contribution in [2.24, 2.45) is 4.99 Å². The Bertz CT molecular complexity index is 1140. The Kier molecular flexibility index (Phi) is 6.41. The van der Waals surface area contributed by atoms with Crippen LogP contribution in [0.4, 0.5) is 5.69 Å². The van der Waals surface area contributed by atoms with Crippen molar-refractivity contribution in [3.63, 3.8) is 0 Å². The molecular weight excluding hydrogens is 448 g/mol. The van der Waals surface area contributed by atoms with Crippen LogP contribution >= 0.6 is 11.8 Å². The topological polar surface area (TPSA) is 82.1 Å². The number of aryl methyl sites for hydroxylation is 1. The van der Waals surface area contributed by atoms with Crippen molar-refractivity contribution in [2.45, 2.75) is 43.4 Å². The number of benzene rings is 2. The molecule has 0 aromatic heterocycles. The molecule has 0 bridgehead atoms. The summed E-state index contributed by atoms with van der Waals surface area (Å²) >= 11 is 1.39. The maximum Gasteiger partial charge on any atom is 0.262 e. The number of carbonyl (C=O) groups is 3. The Morgan fingerprint density at radius 2 is 1.85 bits per heavy atom. The van der Waals surface area contributed by atoms with Gasteiger partial charge in [-0.1, -0.05) is 36.0 Å². The molecular formula is C26H28N4O3S. The molecule has 1 saturated heterocycles. The van der Waals surface area contributed by atoms with Gasteiger partial charge in [-0.25, -0.2) is 0 Å². The van der Waals surface area contributed by atoms with E-state index in [9.17, 15) is 14.4 Å². The Morgan fingerprint density at radius 1 is 1.12 bits per heavy atom. The lowest BCUT2D eigenvalue weighted by atomic mass is 10.1. The van der Waals surface area contributed by atoms with Crippen molar-refractivity contribution in [1.29, 1.82) is 0 Å². The summed E-state index contributed by atoms with van der Waals surface area (Å²) in [6, 6.07) is 15.3. The van der Waals surface area contributed by atoms with Crippen LogP contribution in [-0.4, -0.2) is 58.1 Å². The molecule has 1 aliphatic carbocycles. The van der Waals surface area contributed by atoms with Crippen molar-refractivity contribution < 1.29 is 14.4 Å². The second-order valence-electron chi connectivity index (χ2n) is 9.03. The number of likely N-dealkylation sites (tertiary alicyclic amines) is 1. The van der Waals surface area contributed by atoms with Crippen molar-refractivity contribution in [3.8, 4) is 0 Å². The van der Waals surface area contributed by atoms with Gasteiger partial charge < -0.3 is 15.1 Å². The van der Waals surface area contributed by atoms with E-state index in [0.29, 0.717) is 11.3 Å². The molecule has 7 nitrogen and oxygen atoms in total. The van der Waals surface area contributed by atoms with Crippen LogP contribution in [0.2, 0.25) is 0 Å². The van der Waals surface area contributed by atoms with Crippen LogP contribution in [0.3, 0.4) is 0 Å². The number of hydrogen-bond acceptors (Lipinski definition) is 5. The van der Waals surface area contributed by atoms with Gasteiger partial charge in [0.1, 0.15) is 5.25 Å². The Labute approximate surface area is 203 Å². The standard InChI is InChI=1S/C26H28N4O3S/c1-29(21-13-10-17-6-2-3-7-20(17)21)25(33)18-8-11-19(12-9-18)27-23(31)16-22-24(32)28-26(34-22)30-14-4-5-15-30/h2-3,6-9,11-12,21-22H,4-5,10,13-16H2,1H3,(H,27,31)/t21-,22+/m1/s1. The highest BCUT2D eigenvalue weighted by molar-refractivity contribution is 8.15. The zero-order valence-corrected chi connectivity index (χ0v) is 20.0. The van der Waals surface area contributed by atoms with Crippen LogP contribution in [0.5, 0.6) is 0 Å². The quantitative estimate of drug-likeness (QED) is 0.709. The van der Waals surface area contributed by atoms with E-state index in [2.05, 4.69) is 27.3 Å². The number of amidine groups is 1. The van der Waals surface area contributed by atoms with Crippen molar-refractivity contribution >= 4 is 40.3 Å². The third-order valence-corrected chi connectivity index (χ3v) is 7.99. The number of amides is 3. The molecule has 3 amide bonds. The van der Waals surface area contributed by atoms with Crippen molar-refractivity contribution in [3.05, 3.63) is 65.2 Å². The first-order chi connectivity index (χ1) is 16.5. The lowest BCUT2D eigenvalue weighted by Crippen LogP contribution is -2.30. The monoisotopic (exact) mass is 476 g/mol. The van der Waals surface area contributed by atoms with Crippen LogP contribution in [-0.2, 0) is 16.0 Å². The lowest BCUT2D eigenvalue weighted by molar-refractivity contribution is -0.121. The van der Waals surface area contributed by atoms with Gasteiger partial charge in [-0.3, -0.25) is 14.4 Å². The van der Waals surface area contributed by atoms with Crippen molar-refractivity contribution in [2.75, 3.05) is 25.5 Å². The van der Waals surface area contributed by atoms with Crippen molar-refractivity contribution in [1.82, 2.24) is 9.80 Å². The average Bonchev–Trinajstić information content (AvgIpc) is 3.59. The predicted molar refractivity (Wildman–Crippen MR) is 134 cm³/mol. The van der Waals surface area contributed by atoms with E-state index in [4.69, 9.17) is 0 Å². The molecule has 2 heterocycles. The summed E-state index contributed by atoms with van der Waals surface area (Å²) in [5.74, 6) is -0.513. The fraction of sp³-hybridized carbons (Fsp3) is 0.385. The number of hydrogen-bond donors (Lipinski definition) is 1. The maximum absolute atomic E-state index is 13.1. The second-order valence-corrected chi connectivity index (χ2v) is 10.2. The SMILES string of the molecule is CN(C(=O)c1ccc(NC(=O)C[C@@H]2SC(N3CCCC3)=NC2=O)cc1)[C@@H]1CCc2ccccc21. The van der Waals surface area contributed by atoms with Gasteiger partial charge in [0.15, 0.2) is 5.17 Å². The van der Waals surface area contributed by atoms with Gasteiger partial charge >= 0.3 is 0 Å². The van der Waals surface area contributed by atoms with Gasteiger partial charge in [-0.2, -0.15) is 4.99 Å². The Morgan fingerprint density at radius 3 is 2.62 bits per heavy atom. The van der Waals surface area contributed by atoms with Gasteiger partial charge in [0.2, 0.25) is 5.91 Å². The normalized spacial score (nSPS) is 21.4. The molecule has 176 valence electrons. The minimum atomic E-state index is -0.473. The van der Waals surface area contributed by atoms with Crippen LogP contribution in [0.15, 0.2) is 53.5 Å². The molecule has 0 radical (unpaired) electrons. The first-order valence-corrected chi connectivity index (χ1v) is 12.7. The lowest BCUT2D eigenvalue weighted by Gasteiger charge is -2.25. The summed E-state index contributed by atoms with van der Waals surface area (Å²) in [7, 11) is 1.85. The highest BCUT2D eigenvalue weighted by Gasteiger charge is 2.34. The summed E-state index contributed by atoms with van der Waals surface area (Å²) in [5.41, 5.74) is 3.71. The molecule has 0 spiro atoms. The zero-order valence-electron chi connectivity index (χ0n) is 19.2. The molecule has 1 N–H and O–H groups in total. The molecule has 0 saturated carbocycles. The van der Waals surface area contributed by atoms with Gasteiger partial charge in [-0.05, 0) is 61.1 Å². The highest BCUT2D eigenvalue weighted by Crippen LogP contribution is 2.35. The van der Waals surface area contributed by atoms with E-state index in [-0.39, 0.29) is 30.2 Å². The molecule has 2 aliphatic heterocycles. The van der Waals surface area contributed by atoms with E-state index >= 15 is 0 Å². The first-order valence-electron chi connectivity index (χ1n) is 11.8. The first kappa shape index (κ1) is 22.7. The predicted octanol–water partition coefficient (Wildman–Crippen LogP) is 3.87. The third kappa shape index (κ3) is 4.59. The largest absolute Gasteiger partial charge is 0.351 e. The van der Waals surface area contributed by atoms with Crippen LogP contribution in [0.1, 0.15) is 53.2 Å². The highest BCUT2D eigenvalue weighted by atomic mass is 32.2. The third-order valence-electron chi connectivity index (χ3n) is 6.78. The van der Waals surface area contributed by atoms with Crippen LogP contribution in [0, 0.1) is 0 Å². The Hall–Kier alpha value is -3.13. The van der Waals surface area contributed by atoms with E-state index in [1.54, 1.807) is 29.2 Å². The van der Waals surface area contributed by atoms with Gasteiger partial charge in [0, 0.05) is 37.8 Å². The number of aliphatic imine (C=N–C) groups is 1. The summed E-state index contributed by atoms with van der Waals surface area (Å²) in [6.45, 7) is 1.84. The number of rotatable bonds is 5. The molecule has 34 heavy (non-hydrogen) atoms. The zero-order chi connectivity index (χ0) is 23.7.